The first-order valence-corrected chi connectivity index (χ1v) is 18.0. The first kappa shape index (κ1) is 30.1. The molecule has 1 aliphatic carbocycles. The van der Waals surface area contributed by atoms with Gasteiger partial charge >= 0.3 is 6.01 Å². The summed E-state index contributed by atoms with van der Waals surface area (Å²) in [6, 6.07) is 13.5. The average Bonchev–Trinajstić information content (AvgIpc) is 3.53. The van der Waals surface area contributed by atoms with Crippen molar-refractivity contribution in [3.8, 4) is 35.2 Å². The van der Waals surface area contributed by atoms with Gasteiger partial charge in [-0.2, -0.15) is 9.97 Å². The van der Waals surface area contributed by atoms with Crippen molar-refractivity contribution >= 4 is 50.4 Å². The first-order chi connectivity index (χ1) is 23.4. The molecule has 3 aromatic carbocycles. The molecule has 2 aromatic heterocycles. The summed E-state index contributed by atoms with van der Waals surface area (Å²) in [5, 5.41) is 18.6. The molecular formula is C38H35ClFN5O2S. The van der Waals surface area contributed by atoms with Crippen molar-refractivity contribution in [2.75, 3.05) is 37.7 Å². The van der Waals surface area contributed by atoms with Gasteiger partial charge in [0.15, 0.2) is 5.82 Å². The van der Waals surface area contributed by atoms with Gasteiger partial charge < -0.3 is 20.1 Å². The number of benzene rings is 3. The van der Waals surface area contributed by atoms with E-state index < -0.39 is 5.82 Å². The minimum atomic E-state index is -0.594. The summed E-state index contributed by atoms with van der Waals surface area (Å²) in [6.07, 6.45) is 11.3. The van der Waals surface area contributed by atoms with Crippen LogP contribution in [0.5, 0.6) is 11.8 Å². The molecule has 0 amide bonds. The standard InChI is InChI=1S/C38H35ClFN5O2S/c1-2-22-4-3-5-23-14-27(46)15-28(32(22)23)33-30(39)16-29-35(34(33)40)42-37(43-36(29)45-18-25-6-7-26(19-45)41-25)47-21-38(10-11-38)20-44-12-8-31-24(17-44)9-13-48-31/h1,3-5,9,13-16,25-26,41,46H,6-8,10-12,17-21H2. The highest BCUT2D eigenvalue weighted by Gasteiger charge is 2.45. The van der Waals surface area contributed by atoms with Crippen molar-refractivity contribution in [3.63, 3.8) is 0 Å². The van der Waals surface area contributed by atoms with Crippen LogP contribution in [0.25, 0.3) is 32.8 Å². The van der Waals surface area contributed by atoms with Gasteiger partial charge in [0.1, 0.15) is 17.1 Å². The van der Waals surface area contributed by atoms with Gasteiger partial charge in [0.2, 0.25) is 0 Å². The second-order valence-electron chi connectivity index (χ2n) is 14.0. The number of thiophene rings is 1. The molecule has 9 rings (SSSR count). The van der Waals surface area contributed by atoms with Crippen LogP contribution in [0.1, 0.15) is 41.7 Å². The van der Waals surface area contributed by atoms with Crippen LogP contribution < -0.4 is 15.0 Å². The number of phenolic OH excluding ortho intramolecular Hbond substituents is 1. The van der Waals surface area contributed by atoms with Crippen LogP contribution in [0, 0.1) is 23.6 Å². The van der Waals surface area contributed by atoms with E-state index in [1.54, 1.807) is 18.2 Å². The van der Waals surface area contributed by atoms with Crippen LogP contribution >= 0.6 is 22.9 Å². The summed E-state index contributed by atoms with van der Waals surface area (Å²) in [5.41, 5.74) is 2.75. The molecular weight excluding hydrogens is 645 g/mol. The van der Waals surface area contributed by atoms with Crippen molar-refractivity contribution in [2.45, 2.75) is 50.7 Å². The summed E-state index contributed by atoms with van der Waals surface area (Å²) in [7, 11) is 0. The third-order valence-electron chi connectivity index (χ3n) is 10.7. The SMILES string of the molecule is C#Cc1cccc2cc(O)cc(-c3c(Cl)cc4c(N5CC6CCC(C5)N6)nc(OCC5(CN6CCc7sccc7C6)CC5)nc4c3F)c12. The fraction of sp³-hybridized carbons (Fsp3) is 0.368. The van der Waals surface area contributed by atoms with Gasteiger partial charge in [0, 0.05) is 77.0 Å². The number of fused-ring (bicyclic) bond motifs is 5. The molecule has 10 heteroatoms. The molecule has 2 atom stereocenters. The first-order valence-electron chi connectivity index (χ1n) is 16.7. The van der Waals surface area contributed by atoms with Gasteiger partial charge in [-0.15, -0.1) is 17.8 Å². The topological polar surface area (TPSA) is 73.8 Å². The molecule has 2 N–H and O–H groups in total. The molecule has 4 aliphatic rings. The van der Waals surface area contributed by atoms with Crippen molar-refractivity contribution in [1.29, 1.82) is 0 Å². The van der Waals surface area contributed by atoms with Crippen LogP contribution in [0.3, 0.4) is 0 Å². The lowest BCUT2D eigenvalue weighted by atomic mass is 9.93. The molecule has 0 radical (unpaired) electrons. The number of rotatable bonds is 7. The zero-order valence-corrected chi connectivity index (χ0v) is 28.0. The maximum atomic E-state index is 17.1. The van der Waals surface area contributed by atoms with Crippen LogP contribution in [-0.4, -0.2) is 64.8 Å². The highest BCUT2D eigenvalue weighted by molar-refractivity contribution is 7.10. The lowest BCUT2D eigenvalue weighted by molar-refractivity contribution is 0.146. The number of halogens is 2. The Morgan fingerprint density at radius 1 is 1.15 bits per heavy atom. The molecule has 0 spiro atoms. The van der Waals surface area contributed by atoms with Gasteiger partial charge in [-0.3, -0.25) is 4.90 Å². The number of nitrogens with zero attached hydrogens (tertiary/aromatic N) is 4. The summed E-state index contributed by atoms with van der Waals surface area (Å²) in [6.45, 7) is 4.98. The molecule has 48 heavy (non-hydrogen) atoms. The minimum absolute atomic E-state index is 0.00964. The Bertz CT molecular complexity index is 2130. The Kier molecular flexibility index (Phi) is 7.28. The second-order valence-corrected chi connectivity index (χ2v) is 15.4. The van der Waals surface area contributed by atoms with Crippen molar-refractivity contribution < 1.29 is 14.2 Å². The highest BCUT2D eigenvalue weighted by atomic mass is 35.5. The number of anilines is 1. The highest BCUT2D eigenvalue weighted by Crippen LogP contribution is 2.48. The van der Waals surface area contributed by atoms with Gasteiger partial charge in [0.05, 0.1) is 11.6 Å². The Morgan fingerprint density at radius 2 is 1.98 bits per heavy atom. The number of hydrogen-bond donors (Lipinski definition) is 2. The van der Waals surface area contributed by atoms with Crippen LogP contribution in [0.2, 0.25) is 5.02 Å². The largest absolute Gasteiger partial charge is 0.508 e. The molecule has 3 aliphatic heterocycles. The average molecular weight is 680 g/mol. The monoisotopic (exact) mass is 679 g/mol. The molecule has 1 saturated carbocycles. The zero-order valence-electron chi connectivity index (χ0n) is 26.4. The molecule has 5 heterocycles. The summed E-state index contributed by atoms with van der Waals surface area (Å²) in [5.74, 6) is 2.74. The predicted molar refractivity (Wildman–Crippen MR) is 190 cm³/mol. The Labute approximate surface area is 287 Å². The quantitative estimate of drug-likeness (QED) is 0.177. The Morgan fingerprint density at radius 3 is 2.77 bits per heavy atom. The third-order valence-corrected chi connectivity index (χ3v) is 12.0. The molecule has 5 aromatic rings. The molecule has 244 valence electrons. The van der Waals surface area contributed by atoms with Crippen molar-refractivity contribution in [1.82, 2.24) is 20.2 Å². The van der Waals surface area contributed by atoms with E-state index >= 15 is 4.39 Å². The minimum Gasteiger partial charge on any atom is -0.508 e. The van der Waals surface area contributed by atoms with Crippen molar-refractivity contribution in [3.05, 3.63) is 74.7 Å². The number of aromatic hydroxyl groups is 1. The van der Waals surface area contributed by atoms with E-state index in [1.165, 1.54) is 16.5 Å². The van der Waals surface area contributed by atoms with Gasteiger partial charge in [-0.1, -0.05) is 29.7 Å². The summed E-state index contributed by atoms with van der Waals surface area (Å²) < 4.78 is 23.5. The van der Waals surface area contributed by atoms with E-state index in [0.717, 1.165) is 64.8 Å². The predicted octanol–water partition coefficient (Wildman–Crippen LogP) is 7.15. The molecule has 2 unspecified atom stereocenters. The number of piperazine rings is 1. The van der Waals surface area contributed by atoms with E-state index in [-0.39, 0.29) is 33.3 Å². The van der Waals surface area contributed by atoms with Gasteiger partial charge in [-0.25, -0.2) is 4.39 Å². The normalized spacial score (nSPS) is 21.4. The molecule has 7 nitrogen and oxygen atoms in total. The Balaban J connectivity index is 1.12. The van der Waals surface area contributed by atoms with E-state index in [2.05, 4.69) is 32.5 Å². The lowest BCUT2D eigenvalue weighted by Gasteiger charge is -2.34. The van der Waals surface area contributed by atoms with Gasteiger partial charge in [-0.05, 0) is 84.3 Å². The number of terminal acetylenes is 1. The van der Waals surface area contributed by atoms with E-state index in [1.807, 2.05) is 23.5 Å². The van der Waals surface area contributed by atoms with Crippen LogP contribution in [-0.2, 0) is 13.0 Å². The fourth-order valence-electron chi connectivity index (χ4n) is 8.07. The van der Waals surface area contributed by atoms with E-state index in [4.69, 9.17) is 32.7 Å². The number of nitrogens with one attached hydrogen (secondary N) is 1. The van der Waals surface area contributed by atoms with E-state index in [9.17, 15) is 5.11 Å². The summed E-state index contributed by atoms with van der Waals surface area (Å²) in [4.78, 5) is 16.0. The summed E-state index contributed by atoms with van der Waals surface area (Å²) >= 11 is 8.82. The number of ether oxygens (including phenoxy) is 1. The molecule has 2 saturated heterocycles. The van der Waals surface area contributed by atoms with Crippen molar-refractivity contribution in [2.24, 2.45) is 5.41 Å². The molecule has 3 fully saturated rings. The number of phenols is 1. The smallest absolute Gasteiger partial charge is 0.319 e. The van der Waals surface area contributed by atoms with E-state index in [0.29, 0.717) is 51.8 Å². The number of hydrogen-bond acceptors (Lipinski definition) is 8. The Hall–Kier alpha value is -3.94. The fourth-order valence-corrected chi connectivity index (χ4v) is 9.25. The van der Waals surface area contributed by atoms with Crippen LogP contribution in [0.15, 0.2) is 47.8 Å². The van der Waals surface area contributed by atoms with Gasteiger partial charge in [0.25, 0.3) is 0 Å². The third kappa shape index (κ3) is 5.26. The zero-order chi connectivity index (χ0) is 32.6. The number of aromatic nitrogens is 2. The van der Waals surface area contributed by atoms with Crippen LogP contribution in [0.4, 0.5) is 10.2 Å². The maximum Gasteiger partial charge on any atom is 0.319 e. The molecule has 2 bridgehead atoms. The second kappa shape index (κ2) is 11.6. The lowest BCUT2D eigenvalue weighted by Crippen LogP contribution is -2.51. The maximum absolute atomic E-state index is 17.1.